The highest BCUT2D eigenvalue weighted by Gasteiger charge is 2.13. The Balaban J connectivity index is 1.93. The lowest BCUT2D eigenvalue weighted by atomic mass is 10.1. The predicted octanol–water partition coefficient (Wildman–Crippen LogP) is 5.03. The second kappa shape index (κ2) is 5.88. The van der Waals surface area contributed by atoms with Gasteiger partial charge in [-0.15, -0.1) is 0 Å². The zero-order valence-corrected chi connectivity index (χ0v) is 13.4. The summed E-state index contributed by atoms with van der Waals surface area (Å²) in [6, 6.07) is 21.3. The number of pyridine rings is 1. The molecule has 4 rings (SSSR count). The topological polar surface area (TPSA) is 17.3 Å². The van der Waals surface area contributed by atoms with Gasteiger partial charge in [0.05, 0.1) is 11.4 Å². The first kappa shape index (κ1) is 14.0. The van der Waals surface area contributed by atoms with Crippen molar-refractivity contribution in [2.24, 2.45) is 0 Å². The van der Waals surface area contributed by atoms with Gasteiger partial charge in [0, 0.05) is 18.0 Å². The highest BCUT2D eigenvalue weighted by Crippen LogP contribution is 2.24. The minimum Gasteiger partial charge on any atom is -0.303 e. The van der Waals surface area contributed by atoms with Gasteiger partial charge < -0.3 is 4.40 Å². The fraction of sp³-hybridized carbons (Fsp3) is 0.190. The van der Waals surface area contributed by atoms with E-state index in [0.29, 0.717) is 0 Å². The maximum atomic E-state index is 4.99. The molecule has 0 radical (unpaired) electrons. The van der Waals surface area contributed by atoms with Crippen LogP contribution in [0.4, 0.5) is 0 Å². The fourth-order valence-electron chi connectivity index (χ4n) is 3.28. The van der Waals surface area contributed by atoms with Crippen molar-refractivity contribution in [2.45, 2.75) is 26.2 Å². The van der Waals surface area contributed by atoms with E-state index < -0.39 is 0 Å². The van der Waals surface area contributed by atoms with E-state index in [1.165, 1.54) is 27.7 Å². The Morgan fingerprint density at radius 2 is 1.70 bits per heavy atom. The lowest BCUT2D eigenvalue weighted by Gasteiger charge is -2.06. The Labute approximate surface area is 136 Å². The van der Waals surface area contributed by atoms with Crippen LogP contribution in [-0.2, 0) is 12.8 Å². The molecule has 23 heavy (non-hydrogen) atoms. The number of aryl methyl sites for hydroxylation is 1. The normalized spacial score (nSPS) is 11.3. The predicted molar refractivity (Wildman–Crippen MR) is 95.9 cm³/mol. The third-order valence-electron chi connectivity index (χ3n) is 4.40. The first-order chi connectivity index (χ1) is 11.4. The molecule has 0 amide bonds. The summed E-state index contributed by atoms with van der Waals surface area (Å²) in [7, 11) is 0. The molecule has 4 aromatic rings. The van der Waals surface area contributed by atoms with Crippen LogP contribution in [0.1, 0.15) is 30.3 Å². The summed E-state index contributed by atoms with van der Waals surface area (Å²) in [4.78, 5) is 4.99. The van der Waals surface area contributed by atoms with Crippen molar-refractivity contribution in [1.29, 1.82) is 0 Å². The molecule has 2 heteroatoms. The summed E-state index contributed by atoms with van der Waals surface area (Å²) in [5.41, 5.74) is 4.96. The largest absolute Gasteiger partial charge is 0.303 e. The van der Waals surface area contributed by atoms with E-state index >= 15 is 0 Å². The van der Waals surface area contributed by atoms with Gasteiger partial charge in [-0.05, 0) is 23.4 Å². The molecule has 0 aliphatic rings. The Hall–Kier alpha value is -2.61. The van der Waals surface area contributed by atoms with Gasteiger partial charge in [0.15, 0.2) is 0 Å². The molecule has 0 N–H and O–H groups in total. The van der Waals surface area contributed by atoms with E-state index in [4.69, 9.17) is 4.98 Å². The van der Waals surface area contributed by atoms with Crippen molar-refractivity contribution in [3.63, 3.8) is 0 Å². The fourth-order valence-corrected chi connectivity index (χ4v) is 3.28. The van der Waals surface area contributed by atoms with Crippen LogP contribution in [0, 0.1) is 0 Å². The number of fused-ring (bicyclic) bond motifs is 3. The van der Waals surface area contributed by atoms with Gasteiger partial charge in [-0.2, -0.15) is 0 Å². The number of aromatic nitrogens is 2. The second-order valence-electron chi connectivity index (χ2n) is 6.01. The minimum absolute atomic E-state index is 0.926. The van der Waals surface area contributed by atoms with E-state index in [1.807, 2.05) is 0 Å². The third-order valence-corrected chi connectivity index (χ3v) is 4.40. The summed E-state index contributed by atoms with van der Waals surface area (Å²) < 4.78 is 2.28. The molecule has 0 aliphatic heterocycles. The van der Waals surface area contributed by atoms with Crippen molar-refractivity contribution < 1.29 is 0 Å². The number of rotatable bonds is 4. The van der Waals surface area contributed by atoms with Gasteiger partial charge >= 0.3 is 0 Å². The number of benzene rings is 2. The highest BCUT2D eigenvalue weighted by atomic mass is 15.0. The molecule has 0 unspecified atom stereocenters. The molecule has 0 atom stereocenters. The lowest BCUT2D eigenvalue weighted by molar-refractivity contribution is 0.867. The molecule has 0 spiro atoms. The minimum atomic E-state index is 0.926. The van der Waals surface area contributed by atoms with Crippen LogP contribution in [-0.4, -0.2) is 9.38 Å². The van der Waals surface area contributed by atoms with Gasteiger partial charge in [0.2, 0.25) is 0 Å². The van der Waals surface area contributed by atoms with E-state index in [0.717, 1.165) is 24.9 Å². The average Bonchev–Trinajstić information content (AvgIpc) is 2.94. The smallest absolute Gasteiger partial charge is 0.145 e. The van der Waals surface area contributed by atoms with Crippen LogP contribution in [0.25, 0.3) is 16.4 Å². The SMILES string of the molecule is CCCc1nc2c3ccccc3ccn2c1Cc1ccccc1. The Kier molecular flexibility index (Phi) is 3.58. The Bertz CT molecular complexity index is 952. The van der Waals surface area contributed by atoms with Crippen LogP contribution in [0.15, 0.2) is 66.9 Å². The van der Waals surface area contributed by atoms with Crippen molar-refractivity contribution in [1.82, 2.24) is 9.38 Å². The summed E-state index contributed by atoms with van der Waals surface area (Å²) in [6.45, 7) is 2.22. The van der Waals surface area contributed by atoms with Crippen molar-refractivity contribution >= 4 is 16.4 Å². The van der Waals surface area contributed by atoms with E-state index in [1.54, 1.807) is 0 Å². The molecule has 2 heterocycles. The Morgan fingerprint density at radius 3 is 2.52 bits per heavy atom. The summed E-state index contributed by atoms with van der Waals surface area (Å²) in [6.07, 6.45) is 5.24. The zero-order chi connectivity index (χ0) is 15.6. The van der Waals surface area contributed by atoms with Gasteiger partial charge in [-0.25, -0.2) is 4.98 Å². The van der Waals surface area contributed by atoms with Crippen LogP contribution in [0.5, 0.6) is 0 Å². The van der Waals surface area contributed by atoms with Gasteiger partial charge in [0.25, 0.3) is 0 Å². The van der Waals surface area contributed by atoms with Gasteiger partial charge in [-0.3, -0.25) is 0 Å². The molecular formula is C21H20N2. The van der Waals surface area contributed by atoms with Crippen LogP contribution < -0.4 is 0 Å². The molecule has 0 saturated heterocycles. The van der Waals surface area contributed by atoms with Crippen molar-refractivity contribution in [3.8, 4) is 0 Å². The molecule has 2 aromatic heterocycles. The van der Waals surface area contributed by atoms with Crippen LogP contribution in [0.3, 0.4) is 0 Å². The van der Waals surface area contributed by atoms with E-state index in [2.05, 4.69) is 78.2 Å². The molecular weight excluding hydrogens is 280 g/mol. The molecule has 0 saturated carbocycles. The molecule has 114 valence electrons. The molecule has 2 aromatic carbocycles. The van der Waals surface area contributed by atoms with Crippen molar-refractivity contribution in [2.75, 3.05) is 0 Å². The first-order valence-electron chi connectivity index (χ1n) is 8.28. The van der Waals surface area contributed by atoms with E-state index in [-0.39, 0.29) is 0 Å². The van der Waals surface area contributed by atoms with Crippen LogP contribution >= 0.6 is 0 Å². The molecule has 0 aliphatic carbocycles. The number of nitrogens with zero attached hydrogens (tertiary/aromatic N) is 2. The number of imidazole rings is 1. The highest BCUT2D eigenvalue weighted by molar-refractivity contribution is 5.94. The standard InChI is InChI=1S/C21H20N2/c1-2-8-19-20(15-16-9-4-3-5-10-16)23-14-13-17-11-6-7-12-18(17)21(23)22-19/h3-7,9-14H,2,8,15H2,1H3. The summed E-state index contributed by atoms with van der Waals surface area (Å²) in [5, 5.41) is 2.48. The summed E-state index contributed by atoms with van der Waals surface area (Å²) >= 11 is 0. The summed E-state index contributed by atoms with van der Waals surface area (Å²) in [5.74, 6) is 0. The van der Waals surface area contributed by atoms with E-state index in [9.17, 15) is 0 Å². The number of hydrogen-bond donors (Lipinski definition) is 0. The van der Waals surface area contributed by atoms with Gasteiger partial charge in [0.1, 0.15) is 5.65 Å². The monoisotopic (exact) mass is 300 g/mol. The Morgan fingerprint density at radius 1 is 0.913 bits per heavy atom. The quantitative estimate of drug-likeness (QED) is 0.516. The van der Waals surface area contributed by atoms with Crippen LogP contribution in [0.2, 0.25) is 0 Å². The molecule has 2 nitrogen and oxygen atoms in total. The van der Waals surface area contributed by atoms with Gasteiger partial charge in [-0.1, -0.05) is 67.9 Å². The first-order valence-corrected chi connectivity index (χ1v) is 8.28. The third kappa shape index (κ3) is 2.50. The number of hydrogen-bond acceptors (Lipinski definition) is 1. The maximum absolute atomic E-state index is 4.99. The lowest BCUT2D eigenvalue weighted by Crippen LogP contribution is -1.98. The second-order valence-corrected chi connectivity index (χ2v) is 6.01. The zero-order valence-electron chi connectivity index (χ0n) is 13.4. The average molecular weight is 300 g/mol. The van der Waals surface area contributed by atoms with Crippen molar-refractivity contribution in [3.05, 3.63) is 83.8 Å². The molecule has 0 fully saturated rings. The molecule has 0 bridgehead atoms. The maximum Gasteiger partial charge on any atom is 0.145 e.